The van der Waals surface area contributed by atoms with Gasteiger partial charge in [-0.15, -0.1) is 0 Å². The average molecular weight is 465 g/mol. The normalized spacial score (nSPS) is 15.8. The summed E-state index contributed by atoms with van der Waals surface area (Å²) < 4.78 is 42.3. The molecule has 10 heteroatoms. The molecule has 1 aliphatic carbocycles. The lowest BCUT2D eigenvalue weighted by Gasteiger charge is -2.14. The second-order valence-electron chi connectivity index (χ2n) is 7.90. The Labute approximate surface area is 192 Å². The molecule has 1 aromatic heterocycles. The number of carbonyl (C=O) groups is 2. The monoisotopic (exact) mass is 465 g/mol. The molecule has 0 bridgehead atoms. The maximum atomic E-state index is 14.4. The van der Waals surface area contributed by atoms with Crippen molar-refractivity contribution in [1.82, 2.24) is 20.6 Å². The third kappa shape index (κ3) is 4.59. The van der Waals surface area contributed by atoms with Crippen molar-refractivity contribution in [2.24, 2.45) is 0 Å². The molecule has 3 aromatic rings. The van der Waals surface area contributed by atoms with Crippen LogP contribution < -0.4 is 10.6 Å². The lowest BCUT2D eigenvalue weighted by atomic mass is 10.0. The molecule has 2 aromatic carbocycles. The van der Waals surface area contributed by atoms with Gasteiger partial charge in [0.05, 0.1) is 17.7 Å². The average Bonchev–Trinajstić information content (AvgIpc) is 3.08. The van der Waals surface area contributed by atoms with Gasteiger partial charge in [-0.1, -0.05) is 18.2 Å². The molecule has 0 aliphatic heterocycles. The lowest BCUT2D eigenvalue weighted by molar-refractivity contribution is -0.00847. The van der Waals surface area contributed by atoms with Crippen LogP contribution in [0, 0.1) is 24.1 Å². The van der Waals surface area contributed by atoms with Crippen LogP contribution in [0.2, 0.25) is 0 Å². The van der Waals surface area contributed by atoms with Gasteiger partial charge >= 0.3 is 0 Å². The van der Waals surface area contributed by atoms with Gasteiger partial charge in [-0.2, -0.15) is 5.26 Å². The van der Waals surface area contributed by atoms with Crippen LogP contribution >= 0.6 is 0 Å². The largest absolute Gasteiger partial charge is 0.347 e. The predicted molar refractivity (Wildman–Crippen MR) is 114 cm³/mol. The zero-order valence-electron chi connectivity index (χ0n) is 17.9. The smallest absolute Gasteiger partial charge is 0.275 e. The van der Waals surface area contributed by atoms with E-state index in [1.165, 1.54) is 24.3 Å². The number of aromatic nitrogens is 2. The van der Waals surface area contributed by atoms with E-state index in [2.05, 4.69) is 20.6 Å². The highest BCUT2D eigenvalue weighted by Crippen LogP contribution is 2.47. The zero-order valence-corrected chi connectivity index (χ0v) is 17.9. The quantitative estimate of drug-likeness (QED) is 0.598. The van der Waals surface area contributed by atoms with Crippen LogP contribution in [0.5, 0.6) is 0 Å². The lowest BCUT2D eigenvalue weighted by Crippen LogP contribution is -2.30. The summed E-state index contributed by atoms with van der Waals surface area (Å²) in [6.07, 6.45) is 0.376. The number of aryl methyl sites for hydroxylation is 1. The van der Waals surface area contributed by atoms with Gasteiger partial charge < -0.3 is 10.6 Å². The molecular formula is C24H18F3N5O2. The van der Waals surface area contributed by atoms with Crippen LogP contribution in [-0.2, 0) is 12.5 Å². The number of hydrogen-bond donors (Lipinski definition) is 2. The first-order chi connectivity index (χ1) is 16.2. The van der Waals surface area contributed by atoms with Gasteiger partial charge in [-0.05, 0) is 41.8 Å². The van der Waals surface area contributed by atoms with Crippen molar-refractivity contribution in [3.8, 4) is 6.07 Å². The number of carbonyl (C=O) groups excluding carboxylic acids is 2. The number of alkyl halides is 2. The van der Waals surface area contributed by atoms with E-state index in [0.717, 1.165) is 18.5 Å². The highest BCUT2D eigenvalue weighted by atomic mass is 19.3. The molecule has 0 spiro atoms. The number of benzene rings is 2. The van der Waals surface area contributed by atoms with Crippen molar-refractivity contribution in [3.05, 3.63) is 93.8 Å². The topological polar surface area (TPSA) is 108 Å². The summed E-state index contributed by atoms with van der Waals surface area (Å²) in [6, 6.07) is 10.4. The Kier molecular flexibility index (Phi) is 6.03. The molecule has 34 heavy (non-hydrogen) atoms. The number of nitrogens with one attached hydrogen (secondary N) is 2. The molecule has 2 amide bonds. The van der Waals surface area contributed by atoms with E-state index in [1.807, 2.05) is 6.07 Å². The zero-order chi connectivity index (χ0) is 24.5. The Balaban J connectivity index is 1.46. The first-order valence-corrected chi connectivity index (χ1v) is 10.3. The minimum absolute atomic E-state index is 0.0882. The maximum absolute atomic E-state index is 14.4. The highest BCUT2D eigenvalue weighted by Gasteiger charge is 2.45. The molecule has 0 saturated carbocycles. The minimum Gasteiger partial charge on any atom is -0.347 e. The first-order valence-electron chi connectivity index (χ1n) is 10.3. The van der Waals surface area contributed by atoms with Gasteiger partial charge in [0.2, 0.25) is 0 Å². The predicted octanol–water partition coefficient (Wildman–Crippen LogP) is 3.69. The summed E-state index contributed by atoms with van der Waals surface area (Å²) in [4.78, 5) is 32.9. The molecule has 7 nitrogen and oxygen atoms in total. The van der Waals surface area contributed by atoms with E-state index in [4.69, 9.17) is 5.26 Å². The summed E-state index contributed by atoms with van der Waals surface area (Å²) >= 11 is 0. The maximum Gasteiger partial charge on any atom is 0.275 e. The SMILES string of the molecule is Cc1cc(CNC(=O)c2cc(C(=O)N[C@@H]3CC(F)(F)c4cc(C#N)ccc43)ncn2)ccc1F. The fourth-order valence-corrected chi connectivity index (χ4v) is 3.78. The van der Waals surface area contributed by atoms with Crippen molar-refractivity contribution >= 4 is 11.8 Å². The Morgan fingerprint density at radius 1 is 1.12 bits per heavy atom. The Morgan fingerprint density at radius 2 is 1.85 bits per heavy atom. The van der Waals surface area contributed by atoms with Gasteiger partial charge in [-0.25, -0.2) is 23.1 Å². The van der Waals surface area contributed by atoms with E-state index in [0.29, 0.717) is 11.1 Å². The molecule has 1 atom stereocenters. The van der Waals surface area contributed by atoms with Crippen molar-refractivity contribution in [2.75, 3.05) is 0 Å². The first kappa shape index (κ1) is 22.9. The van der Waals surface area contributed by atoms with Crippen molar-refractivity contribution in [2.45, 2.75) is 31.9 Å². The standard InChI is InChI=1S/C24H18F3N5O2/c1-13-6-15(3-5-18(13)25)11-29-22(33)19-8-20(31-12-30-19)23(34)32-21-9-24(26,27)17-7-14(10-28)2-4-16(17)21/h2-8,12,21H,9,11H2,1H3,(H,29,33)(H,32,34)/t21-/m1/s1. The Bertz CT molecular complexity index is 1340. The van der Waals surface area contributed by atoms with E-state index in [-0.39, 0.29) is 40.4 Å². The van der Waals surface area contributed by atoms with E-state index in [1.54, 1.807) is 13.0 Å². The number of amides is 2. The number of hydrogen-bond acceptors (Lipinski definition) is 5. The van der Waals surface area contributed by atoms with Crippen LogP contribution in [0.3, 0.4) is 0 Å². The third-order valence-corrected chi connectivity index (χ3v) is 5.53. The van der Waals surface area contributed by atoms with Gasteiger partial charge in [0.1, 0.15) is 23.5 Å². The minimum atomic E-state index is -3.20. The van der Waals surface area contributed by atoms with E-state index < -0.39 is 30.2 Å². The number of rotatable bonds is 5. The summed E-state index contributed by atoms with van der Waals surface area (Å²) in [7, 11) is 0. The molecule has 1 heterocycles. The second-order valence-corrected chi connectivity index (χ2v) is 7.90. The molecule has 172 valence electrons. The summed E-state index contributed by atoms with van der Waals surface area (Å²) in [5.41, 5.74) is 0.899. The molecule has 0 unspecified atom stereocenters. The van der Waals surface area contributed by atoms with Crippen LogP contribution in [-0.4, -0.2) is 21.8 Å². The number of fused-ring (bicyclic) bond motifs is 1. The number of nitriles is 1. The molecule has 2 N–H and O–H groups in total. The summed E-state index contributed by atoms with van der Waals surface area (Å²) in [6.45, 7) is 1.72. The summed E-state index contributed by atoms with van der Waals surface area (Å²) in [5, 5.41) is 14.1. The van der Waals surface area contributed by atoms with Gasteiger partial charge in [0.15, 0.2) is 0 Å². The highest BCUT2D eigenvalue weighted by molar-refractivity contribution is 5.97. The molecule has 0 radical (unpaired) electrons. The van der Waals surface area contributed by atoms with Gasteiger partial charge in [-0.3, -0.25) is 9.59 Å². The van der Waals surface area contributed by atoms with Crippen molar-refractivity contribution < 1.29 is 22.8 Å². The fourth-order valence-electron chi connectivity index (χ4n) is 3.78. The molecule has 1 aliphatic rings. The van der Waals surface area contributed by atoms with Crippen LogP contribution in [0.4, 0.5) is 13.2 Å². The van der Waals surface area contributed by atoms with Crippen LogP contribution in [0.15, 0.2) is 48.8 Å². The summed E-state index contributed by atoms with van der Waals surface area (Å²) in [5.74, 6) is -4.88. The Morgan fingerprint density at radius 3 is 2.56 bits per heavy atom. The third-order valence-electron chi connectivity index (χ3n) is 5.53. The number of nitrogens with zero attached hydrogens (tertiary/aromatic N) is 3. The van der Waals surface area contributed by atoms with E-state index >= 15 is 0 Å². The second kappa shape index (κ2) is 8.94. The number of halogens is 3. The molecule has 4 rings (SSSR count). The fraction of sp³-hybridized carbons (Fsp3) is 0.208. The Hall–Kier alpha value is -4.26. The molecular weight excluding hydrogens is 447 g/mol. The van der Waals surface area contributed by atoms with Crippen LogP contribution in [0.1, 0.15) is 61.3 Å². The molecule has 0 saturated heterocycles. The van der Waals surface area contributed by atoms with Crippen molar-refractivity contribution in [3.63, 3.8) is 0 Å². The van der Waals surface area contributed by atoms with Crippen molar-refractivity contribution in [1.29, 1.82) is 5.26 Å². The van der Waals surface area contributed by atoms with E-state index in [9.17, 15) is 22.8 Å². The van der Waals surface area contributed by atoms with Crippen LogP contribution in [0.25, 0.3) is 0 Å². The van der Waals surface area contributed by atoms with Gasteiger partial charge in [0.25, 0.3) is 17.7 Å². The van der Waals surface area contributed by atoms with Gasteiger partial charge in [0, 0.05) is 24.6 Å². The molecule has 0 fully saturated rings.